The first kappa shape index (κ1) is 20.2. The first-order valence-electron chi connectivity index (χ1n) is 9.33. The van der Waals surface area contributed by atoms with Crippen LogP contribution < -0.4 is 10.1 Å². The molecule has 0 aromatic heterocycles. The van der Waals surface area contributed by atoms with Gasteiger partial charge in [0.25, 0.3) is 0 Å². The van der Waals surface area contributed by atoms with Crippen molar-refractivity contribution in [1.29, 1.82) is 0 Å². The van der Waals surface area contributed by atoms with Crippen LogP contribution in [-0.4, -0.2) is 23.1 Å². The molecular formula is C21H17F4NO4. The van der Waals surface area contributed by atoms with Gasteiger partial charge in [-0.15, -0.1) is 0 Å². The number of hydrogen-bond acceptors (Lipinski definition) is 3. The molecule has 0 radical (unpaired) electrons. The number of ether oxygens (including phenoxy) is 1. The highest BCUT2D eigenvalue weighted by molar-refractivity contribution is 6.07. The SMILES string of the molecule is O=C(O)c1ccc2c(c1)C1(CCC(Oc3cc(C(F)(F)F)ccc3F)CC1)C(=O)N2. The number of nitrogens with one attached hydrogen (secondary N) is 1. The van der Waals surface area contributed by atoms with E-state index in [1.807, 2.05) is 0 Å². The van der Waals surface area contributed by atoms with Crippen LogP contribution in [0.5, 0.6) is 5.75 Å². The van der Waals surface area contributed by atoms with Crippen LogP contribution in [0.25, 0.3) is 0 Å². The molecule has 30 heavy (non-hydrogen) atoms. The van der Waals surface area contributed by atoms with E-state index >= 15 is 0 Å². The van der Waals surface area contributed by atoms with E-state index in [-0.39, 0.29) is 11.5 Å². The van der Waals surface area contributed by atoms with Crippen LogP contribution in [0, 0.1) is 5.82 Å². The summed E-state index contributed by atoms with van der Waals surface area (Å²) in [5, 5.41) is 12.0. The molecule has 0 unspecified atom stereocenters. The van der Waals surface area contributed by atoms with Crippen molar-refractivity contribution in [2.24, 2.45) is 0 Å². The Bertz CT molecular complexity index is 1030. The summed E-state index contributed by atoms with van der Waals surface area (Å²) in [6, 6.07) is 6.44. The van der Waals surface area contributed by atoms with E-state index in [1.54, 1.807) is 6.07 Å². The average molecular weight is 423 g/mol. The second kappa shape index (κ2) is 7.00. The number of rotatable bonds is 3. The van der Waals surface area contributed by atoms with Crippen LogP contribution >= 0.6 is 0 Å². The Hall–Kier alpha value is -3.10. The molecule has 0 bridgehead atoms. The predicted molar refractivity (Wildman–Crippen MR) is 98.0 cm³/mol. The lowest BCUT2D eigenvalue weighted by Gasteiger charge is -2.36. The Morgan fingerprint density at radius 3 is 2.47 bits per heavy atom. The third kappa shape index (κ3) is 3.38. The number of anilines is 1. The molecule has 1 aliphatic heterocycles. The molecule has 4 rings (SSSR count). The zero-order valence-electron chi connectivity index (χ0n) is 15.6. The standard InChI is InChI=1S/C21H17F4NO4/c22-15-3-2-12(21(23,24)25)10-17(15)30-13-5-7-20(8-6-13)14-9-11(18(27)28)1-4-16(14)26-19(20)29/h1-4,9-10,13H,5-8H2,(H,26,29)(H,27,28). The lowest BCUT2D eigenvalue weighted by atomic mass is 9.69. The topological polar surface area (TPSA) is 75.6 Å². The maximum absolute atomic E-state index is 14.0. The van der Waals surface area contributed by atoms with Crippen molar-refractivity contribution in [3.05, 3.63) is 58.9 Å². The molecule has 2 aromatic carbocycles. The van der Waals surface area contributed by atoms with E-state index in [0.29, 0.717) is 49.1 Å². The lowest BCUT2D eigenvalue weighted by molar-refractivity contribution is -0.137. The third-order valence-electron chi connectivity index (χ3n) is 5.80. The second-order valence-electron chi connectivity index (χ2n) is 7.56. The highest BCUT2D eigenvalue weighted by atomic mass is 19.4. The molecule has 2 N–H and O–H groups in total. The summed E-state index contributed by atoms with van der Waals surface area (Å²) >= 11 is 0. The predicted octanol–water partition coefficient (Wildman–Crippen LogP) is 4.75. The van der Waals surface area contributed by atoms with Crippen molar-refractivity contribution in [2.75, 3.05) is 5.32 Å². The first-order valence-corrected chi connectivity index (χ1v) is 9.33. The molecule has 1 saturated carbocycles. The van der Waals surface area contributed by atoms with Crippen molar-refractivity contribution < 1.29 is 37.0 Å². The number of fused-ring (bicyclic) bond motifs is 2. The molecule has 1 fully saturated rings. The summed E-state index contributed by atoms with van der Waals surface area (Å²) in [4.78, 5) is 24.0. The van der Waals surface area contributed by atoms with Crippen LogP contribution in [0.2, 0.25) is 0 Å². The average Bonchev–Trinajstić information content (AvgIpc) is 2.95. The molecule has 9 heteroatoms. The van der Waals surface area contributed by atoms with Gasteiger partial charge in [-0.05, 0) is 67.6 Å². The van der Waals surface area contributed by atoms with Crippen LogP contribution in [0.15, 0.2) is 36.4 Å². The van der Waals surface area contributed by atoms with Gasteiger partial charge in [0, 0.05) is 5.69 Å². The van der Waals surface area contributed by atoms with Gasteiger partial charge in [-0.1, -0.05) is 0 Å². The van der Waals surface area contributed by atoms with Crippen LogP contribution in [0.1, 0.15) is 47.2 Å². The number of carbonyl (C=O) groups is 2. The van der Waals surface area contributed by atoms with Crippen molar-refractivity contribution in [3.63, 3.8) is 0 Å². The van der Waals surface area contributed by atoms with E-state index in [0.717, 1.165) is 6.07 Å². The molecule has 5 nitrogen and oxygen atoms in total. The fraction of sp³-hybridized carbons (Fsp3) is 0.333. The number of halogens is 4. The minimum Gasteiger partial charge on any atom is -0.487 e. The molecule has 158 valence electrons. The molecule has 1 amide bonds. The Morgan fingerprint density at radius 1 is 1.13 bits per heavy atom. The van der Waals surface area contributed by atoms with Gasteiger partial charge in [-0.3, -0.25) is 4.79 Å². The molecule has 0 atom stereocenters. The van der Waals surface area contributed by atoms with E-state index in [9.17, 15) is 32.3 Å². The number of alkyl halides is 3. The van der Waals surface area contributed by atoms with Gasteiger partial charge in [-0.2, -0.15) is 13.2 Å². The molecule has 2 aromatic rings. The maximum Gasteiger partial charge on any atom is 0.416 e. The Balaban J connectivity index is 1.54. The Kier molecular flexibility index (Phi) is 4.71. The minimum atomic E-state index is -4.62. The Morgan fingerprint density at radius 2 is 1.83 bits per heavy atom. The van der Waals surface area contributed by atoms with Crippen molar-refractivity contribution >= 4 is 17.6 Å². The van der Waals surface area contributed by atoms with E-state index in [1.165, 1.54) is 12.1 Å². The molecule has 1 spiro atoms. The van der Waals surface area contributed by atoms with Crippen molar-refractivity contribution in [2.45, 2.75) is 43.4 Å². The smallest absolute Gasteiger partial charge is 0.416 e. The highest BCUT2D eigenvalue weighted by Gasteiger charge is 2.49. The maximum atomic E-state index is 14.0. The highest BCUT2D eigenvalue weighted by Crippen LogP contribution is 2.48. The van der Waals surface area contributed by atoms with Gasteiger partial charge < -0.3 is 15.2 Å². The van der Waals surface area contributed by atoms with Gasteiger partial charge in [0.2, 0.25) is 5.91 Å². The molecule has 0 saturated heterocycles. The van der Waals surface area contributed by atoms with Crippen LogP contribution in [0.4, 0.5) is 23.2 Å². The van der Waals surface area contributed by atoms with Gasteiger partial charge >= 0.3 is 12.1 Å². The fourth-order valence-corrected chi connectivity index (χ4v) is 4.19. The van der Waals surface area contributed by atoms with E-state index in [4.69, 9.17) is 4.74 Å². The molecule has 1 heterocycles. The van der Waals surface area contributed by atoms with E-state index in [2.05, 4.69) is 5.32 Å². The monoisotopic (exact) mass is 423 g/mol. The number of carboxylic acids is 1. The van der Waals surface area contributed by atoms with Gasteiger partial charge in [0.05, 0.1) is 22.6 Å². The summed E-state index contributed by atoms with van der Waals surface area (Å²) in [6.07, 6.45) is -3.95. The summed E-state index contributed by atoms with van der Waals surface area (Å²) in [7, 11) is 0. The quantitative estimate of drug-likeness (QED) is 0.699. The summed E-state index contributed by atoms with van der Waals surface area (Å²) < 4.78 is 58.1. The van der Waals surface area contributed by atoms with Crippen LogP contribution in [-0.2, 0) is 16.4 Å². The third-order valence-corrected chi connectivity index (χ3v) is 5.80. The number of carbonyl (C=O) groups excluding carboxylic acids is 1. The van der Waals surface area contributed by atoms with Crippen LogP contribution in [0.3, 0.4) is 0 Å². The molecular weight excluding hydrogens is 406 g/mol. The molecule has 1 aliphatic carbocycles. The van der Waals surface area contributed by atoms with E-state index < -0.39 is 40.8 Å². The summed E-state index contributed by atoms with van der Waals surface area (Å²) in [5.41, 5.74) is -0.720. The minimum absolute atomic E-state index is 0.0639. The summed E-state index contributed by atoms with van der Waals surface area (Å²) in [5.74, 6) is -2.72. The number of hydrogen-bond donors (Lipinski definition) is 2. The zero-order chi connectivity index (χ0) is 21.7. The number of aromatic carboxylic acids is 1. The fourth-order valence-electron chi connectivity index (χ4n) is 4.19. The second-order valence-corrected chi connectivity index (χ2v) is 7.56. The normalized spacial score (nSPS) is 23.2. The Labute approximate surface area is 168 Å². The number of amides is 1. The van der Waals surface area contributed by atoms with Gasteiger partial charge in [0.1, 0.15) is 0 Å². The number of carboxylic acid groups (broad SMARTS) is 1. The van der Waals surface area contributed by atoms with Gasteiger partial charge in [0.15, 0.2) is 11.6 Å². The van der Waals surface area contributed by atoms with Gasteiger partial charge in [-0.25, -0.2) is 9.18 Å². The lowest BCUT2D eigenvalue weighted by Crippen LogP contribution is -2.41. The van der Waals surface area contributed by atoms with Crippen molar-refractivity contribution in [3.8, 4) is 5.75 Å². The zero-order valence-corrected chi connectivity index (χ0v) is 15.6. The first-order chi connectivity index (χ1) is 14.1. The summed E-state index contributed by atoms with van der Waals surface area (Å²) in [6.45, 7) is 0. The van der Waals surface area contributed by atoms with Crippen molar-refractivity contribution in [1.82, 2.24) is 0 Å². The molecule has 2 aliphatic rings. The number of benzene rings is 2. The largest absolute Gasteiger partial charge is 0.487 e.